The molecule has 15 heavy (non-hydrogen) atoms. The molecule has 0 atom stereocenters. The highest BCUT2D eigenvalue weighted by Crippen LogP contribution is 2.19. The summed E-state index contributed by atoms with van der Waals surface area (Å²) in [6, 6.07) is 0. The number of hydrogen-bond donors (Lipinski definition) is 1. The van der Waals surface area contributed by atoms with Crippen molar-refractivity contribution in [2.75, 3.05) is 13.1 Å². The Morgan fingerprint density at radius 3 is 2.80 bits per heavy atom. The number of H-pyrrole nitrogens is 1. The maximum atomic E-state index is 11.9. The third-order valence-electron chi connectivity index (χ3n) is 2.50. The quantitative estimate of drug-likeness (QED) is 0.706. The van der Waals surface area contributed by atoms with Gasteiger partial charge < -0.3 is 9.88 Å². The van der Waals surface area contributed by atoms with Gasteiger partial charge in [-0.05, 0) is 17.8 Å². The molecule has 0 aliphatic carbocycles. The molecule has 6 nitrogen and oxygen atoms in total. The normalized spacial score (nSPS) is 15.3. The second kappa shape index (κ2) is 3.69. The molecular weight excluding hydrogens is 194 g/mol. The highest BCUT2D eigenvalue weighted by atomic mass is 16.2. The average Bonchev–Trinajstić information content (AvgIpc) is 2.84. The van der Waals surface area contributed by atoms with Crippen LogP contribution in [-0.4, -0.2) is 33.9 Å². The first-order valence-electron chi connectivity index (χ1n) is 4.93. The van der Waals surface area contributed by atoms with Crippen molar-refractivity contribution in [3.05, 3.63) is 16.5 Å². The van der Waals surface area contributed by atoms with Crippen molar-refractivity contribution in [2.24, 2.45) is 0 Å². The van der Waals surface area contributed by atoms with Crippen molar-refractivity contribution < 1.29 is 4.79 Å². The summed E-state index contributed by atoms with van der Waals surface area (Å²) in [5.74, 6) is 0.510. The van der Waals surface area contributed by atoms with E-state index in [1.54, 1.807) is 11.8 Å². The zero-order valence-electron chi connectivity index (χ0n) is 8.53. The highest BCUT2D eigenvalue weighted by molar-refractivity contribution is 5.97. The number of rotatable bonds is 1. The molecule has 6 heteroatoms. The van der Waals surface area contributed by atoms with Gasteiger partial charge in [0.2, 0.25) is 11.5 Å². The topological polar surface area (TPSA) is 77.1 Å². The van der Waals surface area contributed by atoms with Crippen LogP contribution >= 0.6 is 0 Å². The van der Waals surface area contributed by atoms with E-state index in [9.17, 15) is 4.79 Å². The van der Waals surface area contributed by atoms with Gasteiger partial charge in [-0.3, -0.25) is 4.79 Å². The second-order valence-electron chi connectivity index (χ2n) is 3.62. The number of carbonyl (C=O) groups is 1. The van der Waals surface area contributed by atoms with Gasteiger partial charge in [-0.1, -0.05) is 0 Å². The standard InChI is InChI=1S/C9H11N5O/c1-6-11-7(8(12-6)13-10)9(15)14-4-2-3-5-14/h2-5H2,1H3/p+1. The van der Waals surface area contributed by atoms with Gasteiger partial charge in [0.05, 0.1) is 5.39 Å². The van der Waals surface area contributed by atoms with E-state index in [4.69, 9.17) is 5.39 Å². The van der Waals surface area contributed by atoms with Crippen molar-refractivity contribution in [3.8, 4) is 0 Å². The Labute approximate surface area is 86.9 Å². The van der Waals surface area contributed by atoms with Gasteiger partial charge >= 0.3 is 5.82 Å². The molecule has 0 bridgehead atoms. The van der Waals surface area contributed by atoms with Crippen LogP contribution in [0.4, 0.5) is 5.82 Å². The minimum atomic E-state index is -0.138. The van der Waals surface area contributed by atoms with Gasteiger partial charge in [-0.25, -0.2) is 0 Å². The summed E-state index contributed by atoms with van der Waals surface area (Å²) in [6.07, 6.45) is 2.06. The number of likely N-dealkylation sites (tertiary alicyclic amines) is 1. The van der Waals surface area contributed by atoms with Crippen LogP contribution in [0.1, 0.15) is 29.2 Å². The molecule has 2 heterocycles. The Kier molecular flexibility index (Phi) is 2.37. The maximum Gasteiger partial charge on any atom is 0.495 e. The first kappa shape index (κ1) is 9.65. The molecule has 0 spiro atoms. The molecule has 1 amide bonds. The van der Waals surface area contributed by atoms with Crippen LogP contribution < -0.4 is 0 Å². The number of aromatic amines is 1. The van der Waals surface area contributed by atoms with Crippen molar-refractivity contribution >= 4 is 11.7 Å². The minimum absolute atomic E-state index is 0.0735. The maximum absolute atomic E-state index is 11.9. The lowest BCUT2D eigenvalue weighted by Gasteiger charge is -2.11. The molecule has 1 saturated heterocycles. The summed E-state index contributed by atoms with van der Waals surface area (Å²) in [5.41, 5.74) is 0.275. The molecule has 1 aliphatic rings. The number of imidazole rings is 1. The van der Waals surface area contributed by atoms with Crippen molar-refractivity contribution in [3.63, 3.8) is 0 Å². The van der Waals surface area contributed by atoms with Crippen molar-refractivity contribution in [1.82, 2.24) is 14.9 Å². The fourth-order valence-corrected chi connectivity index (χ4v) is 1.78. The van der Waals surface area contributed by atoms with Gasteiger partial charge in [0.1, 0.15) is 0 Å². The van der Waals surface area contributed by atoms with E-state index < -0.39 is 0 Å². The molecule has 1 aromatic rings. The van der Waals surface area contributed by atoms with E-state index in [-0.39, 0.29) is 17.4 Å². The zero-order chi connectivity index (χ0) is 10.8. The summed E-state index contributed by atoms with van der Waals surface area (Å²) in [6.45, 7) is 3.25. The van der Waals surface area contributed by atoms with Gasteiger partial charge in [0, 0.05) is 25.0 Å². The molecule has 1 aromatic heterocycles. The lowest BCUT2D eigenvalue weighted by Crippen LogP contribution is -2.27. The Hall–Kier alpha value is -1.90. The predicted octanol–water partition coefficient (Wildman–Crippen LogP) is 1.44. The molecule has 0 aromatic carbocycles. The molecule has 0 unspecified atom stereocenters. The molecule has 78 valence electrons. The van der Waals surface area contributed by atoms with Gasteiger partial charge in [-0.2, -0.15) is 0 Å². The van der Waals surface area contributed by atoms with E-state index >= 15 is 0 Å². The van der Waals surface area contributed by atoms with Crippen molar-refractivity contribution in [2.45, 2.75) is 19.8 Å². The fraction of sp³-hybridized carbons (Fsp3) is 0.556. The molecule has 2 rings (SSSR count). The van der Waals surface area contributed by atoms with Crippen LogP contribution in [0.5, 0.6) is 0 Å². The summed E-state index contributed by atoms with van der Waals surface area (Å²) in [4.78, 5) is 23.4. The van der Waals surface area contributed by atoms with Gasteiger partial charge in [-0.15, -0.1) is 0 Å². The van der Waals surface area contributed by atoms with E-state index in [1.165, 1.54) is 0 Å². The van der Waals surface area contributed by atoms with Crippen LogP contribution in [0.25, 0.3) is 4.98 Å². The number of diazo groups is 1. The molecule has 1 aliphatic heterocycles. The minimum Gasteiger partial charge on any atom is -0.337 e. The SMILES string of the molecule is Cc1nc([N+]#N)c(C(=O)N2CCCC2)[nH]1. The Bertz CT molecular complexity index is 424. The number of nitrogens with one attached hydrogen (secondary N) is 1. The molecule has 1 N–H and O–H groups in total. The summed E-state index contributed by atoms with van der Waals surface area (Å²) < 4.78 is 0. The highest BCUT2D eigenvalue weighted by Gasteiger charge is 2.30. The Morgan fingerprint density at radius 1 is 1.53 bits per heavy atom. The first-order valence-corrected chi connectivity index (χ1v) is 4.93. The lowest BCUT2D eigenvalue weighted by atomic mass is 10.4. The van der Waals surface area contributed by atoms with Crippen LogP contribution in [0.2, 0.25) is 0 Å². The lowest BCUT2D eigenvalue weighted by molar-refractivity contribution is 0.0788. The van der Waals surface area contributed by atoms with E-state index in [0.29, 0.717) is 5.82 Å². The van der Waals surface area contributed by atoms with Crippen LogP contribution in [0.15, 0.2) is 0 Å². The number of hydrogen-bond acceptors (Lipinski definition) is 3. The average molecular weight is 206 g/mol. The summed E-state index contributed by atoms with van der Waals surface area (Å²) in [7, 11) is 0. The number of amides is 1. The van der Waals surface area contributed by atoms with Gasteiger partial charge in [0.25, 0.3) is 5.91 Å². The summed E-state index contributed by atoms with van der Waals surface area (Å²) >= 11 is 0. The zero-order valence-corrected chi connectivity index (χ0v) is 8.53. The number of aromatic nitrogens is 2. The largest absolute Gasteiger partial charge is 0.495 e. The third-order valence-corrected chi connectivity index (χ3v) is 2.50. The van der Waals surface area contributed by atoms with Crippen LogP contribution in [0.3, 0.4) is 0 Å². The fourth-order valence-electron chi connectivity index (χ4n) is 1.78. The van der Waals surface area contributed by atoms with E-state index in [2.05, 4.69) is 14.9 Å². The van der Waals surface area contributed by atoms with E-state index in [0.717, 1.165) is 25.9 Å². The first-order chi connectivity index (χ1) is 7.22. The van der Waals surface area contributed by atoms with Gasteiger partial charge in [0.15, 0.2) is 0 Å². The Morgan fingerprint density at radius 2 is 2.20 bits per heavy atom. The predicted molar refractivity (Wildman–Crippen MR) is 53.2 cm³/mol. The number of nitrogens with zero attached hydrogens (tertiary/aromatic N) is 4. The molecule has 0 radical (unpaired) electrons. The smallest absolute Gasteiger partial charge is 0.337 e. The van der Waals surface area contributed by atoms with E-state index in [1.807, 2.05) is 0 Å². The Balaban J connectivity index is 2.28. The second-order valence-corrected chi connectivity index (χ2v) is 3.62. The van der Waals surface area contributed by atoms with Crippen LogP contribution in [-0.2, 0) is 0 Å². The number of carbonyl (C=O) groups excluding carboxylic acids is 1. The molecule has 1 fully saturated rings. The number of aryl methyl sites for hydroxylation is 1. The van der Waals surface area contributed by atoms with Crippen LogP contribution in [0, 0.1) is 12.3 Å². The molecule has 0 saturated carbocycles. The molecular formula is C9H12N5O+. The monoisotopic (exact) mass is 206 g/mol. The van der Waals surface area contributed by atoms with Crippen molar-refractivity contribution in [1.29, 1.82) is 5.39 Å². The summed E-state index contributed by atoms with van der Waals surface area (Å²) in [5, 5.41) is 8.70. The third kappa shape index (κ3) is 1.68.